The van der Waals surface area contributed by atoms with Crippen LogP contribution in [0.25, 0.3) is 0 Å². The number of para-hydroxylation sites is 8. The average molecular weight is 1020 g/mol. The van der Waals surface area contributed by atoms with Gasteiger partial charge in [-0.05, 0) is 122 Å². The van der Waals surface area contributed by atoms with E-state index >= 15 is 0 Å². The first kappa shape index (κ1) is 57.0. The van der Waals surface area contributed by atoms with Crippen LogP contribution in [-0.4, -0.2) is 24.9 Å². The van der Waals surface area contributed by atoms with Crippen LogP contribution in [0.15, 0.2) is 190 Å². The fourth-order valence-corrected chi connectivity index (χ4v) is 6.92. The molecule has 10 heteroatoms. The van der Waals surface area contributed by atoms with Gasteiger partial charge in [0.2, 0.25) is 0 Å². The molecule has 0 saturated heterocycles. The number of benzene rings is 8. The molecule has 0 aliphatic rings. The molecular weight excluding hydrogens is 968 g/mol. The third kappa shape index (κ3) is 17.0. The summed E-state index contributed by atoms with van der Waals surface area (Å²) in [5.74, 6) is 0.00921. The fraction of sp³-hybridized carbons (Fsp3) is 0.133. The summed E-state index contributed by atoms with van der Waals surface area (Å²) in [5, 5.41) is 46.1. The van der Waals surface area contributed by atoms with Gasteiger partial charge in [-0.1, -0.05) is 170 Å². The smallest absolute Gasteiger partial charge is 0.872 e. The second-order valence-electron chi connectivity index (χ2n) is 16.1. The van der Waals surface area contributed by atoms with E-state index in [4.69, 9.17) is 0 Å². The Hall–Kier alpha value is -7.32. The molecule has 8 nitrogen and oxygen atoms in total. The van der Waals surface area contributed by atoms with Gasteiger partial charge in [0.05, 0.1) is 22.7 Å². The normalized spacial score (nSPS) is 10.6. The zero-order valence-electron chi connectivity index (χ0n) is 40.5. The summed E-state index contributed by atoms with van der Waals surface area (Å²) in [7, 11) is 0. The molecule has 0 bridgehead atoms. The van der Waals surface area contributed by atoms with Gasteiger partial charge >= 0.3 is 34.1 Å². The van der Waals surface area contributed by atoms with E-state index in [2.05, 4.69) is 20.0 Å². The zero-order chi connectivity index (χ0) is 49.0. The third-order valence-corrected chi connectivity index (χ3v) is 10.8. The fourth-order valence-electron chi connectivity index (χ4n) is 6.92. The Kier molecular flexibility index (Phi) is 23.5. The van der Waals surface area contributed by atoms with Gasteiger partial charge in [-0.15, -0.1) is 23.0 Å². The maximum Gasteiger partial charge on any atom is 2.00 e. The minimum Gasteiger partial charge on any atom is -0.872 e. The predicted molar refractivity (Wildman–Crippen MR) is 276 cm³/mol. The minimum absolute atomic E-state index is 0. The molecule has 2 radical (unpaired) electrons. The van der Waals surface area contributed by atoms with Crippen molar-refractivity contribution in [3.8, 4) is 23.0 Å². The van der Waals surface area contributed by atoms with Crippen LogP contribution in [-0.2, 0) is 34.1 Å². The second kappa shape index (κ2) is 28.9. The van der Waals surface area contributed by atoms with Crippen LogP contribution in [0.2, 0.25) is 0 Å². The molecule has 0 unspecified atom stereocenters. The first-order valence-corrected chi connectivity index (χ1v) is 22.2. The maximum absolute atomic E-state index is 11.5. The molecule has 8 aromatic rings. The van der Waals surface area contributed by atoms with Crippen molar-refractivity contribution in [2.24, 2.45) is 20.0 Å². The molecule has 0 heterocycles. The van der Waals surface area contributed by atoms with E-state index in [0.29, 0.717) is 22.3 Å². The monoisotopic (exact) mass is 1020 g/mol. The van der Waals surface area contributed by atoms with Gasteiger partial charge in [-0.2, -0.15) is 0 Å². The average Bonchev–Trinajstić information content (AvgIpc) is 3.31. The Morgan fingerprint density at radius 1 is 0.243 bits per heavy atom. The van der Waals surface area contributed by atoms with Crippen molar-refractivity contribution in [3.63, 3.8) is 0 Å². The van der Waals surface area contributed by atoms with Gasteiger partial charge in [-0.3, -0.25) is 20.0 Å². The van der Waals surface area contributed by atoms with Gasteiger partial charge < -0.3 is 20.4 Å². The van der Waals surface area contributed by atoms with Crippen LogP contribution in [0.3, 0.4) is 0 Å². The van der Waals surface area contributed by atoms with Crippen LogP contribution >= 0.6 is 0 Å². The number of nitrogens with zero attached hydrogens (tertiary/aromatic N) is 4. The van der Waals surface area contributed by atoms with Crippen LogP contribution in [0.5, 0.6) is 23.0 Å². The summed E-state index contributed by atoms with van der Waals surface area (Å²) < 4.78 is 0. The topological polar surface area (TPSA) is 142 Å². The number of hydrogen-bond acceptors (Lipinski definition) is 8. The molecule has 0 aromatic heterocycles. The Morgan fingerprint density at radius 2 is 0.400 bits per heavy atom. The second-order valence-corrected chi connectivity index (χ2v) is 16.1. The third-order valence-electron chi connectivity index (χ3n) is 10.8. The first-order valence-electron chi connectivity index (χ1n) is 22.2. The van der Waals surface area contributed by atoms with Crippen molar-refractivity contribution in [2.75, 3.05) is 0 Å². The molecule has 0 amide bonds. The summed E-state index contributed by atoms with van der Waals surface area (Å²) in [4.78, 5) is 17.6. The number of hydrogen-bond donors (Lipinski definition) is 0. The molecule has 0 fully saturated rings. The molecule has 0 N–H and O–H groups in total. The summed E-state index contributed by atoms with van der Waals surface area (Å²) in [6.07, 6.45) is 6.55. The van der Waals surface area contributed by atoms with Crippen molar-refractivity contribution in [1.29, 1.82) is 0 Å². The van der Waals surface area contributed by atoms with Crippen molar-refractivity contribution in [3.05, 3.63) is 237 Å². The molecule has 0 aliphatic heterocycles. The molecule has 8 rings (SSSR count). The minimum atomic E-state index is 0. The molecule has 0 atom stereocenters. The van der Waals surface area contributed by atoms with E-state index < -0.39 is 0 Å². The summed E-state index contributed by atoms with van der Waals surface area (Å²) in [6.45, 7) is 16.1. The molecule has 0 saturated carbocycles. The summed E-state index contributed by atoms with van der Waals surface area (Å²) in [5.41, 5.74) is 15.2. The van der Waals surface area contributed by atoms with Gasteiger partial charge in [0.25, 0.3) is 0 Å². The van der Waals surface area contributed by atoms with E-state index in [1.54, 1.807) is 97.7 Å². The van der Waals surface area contributed by atoms with Crippen LogP contribution in [0, 0.1) is 55.4 Å². The quantitative estimate of drug-likeness (QED) is 0.110. The van der Waals surface area contributed by atoms with Crippen LogP contribution < -0.4 is 20.4 Å². The van der Waals surface area contributed by atoms with E-state index in [0.717, 1.165) is 67.3 Å². The SMILES string of the molecule is Cc1cccc(C)c1N=Cc1ccccc1[O-].Cc1cccc(C)c1N=Cc1ccccc1[O-].Cc1cccc(C)c1N=Cc1ccccc1[O-].Cc1cccc(C)c1N=Cc1ccccc1[O-].[Cu+2].[Cu+2]. The molecule has 70 heavy (non-hydrogen) atoms. The van der Waals surface area contributed by atoms with Crippen molar-refractivity contribution >= 4 is 47.6 Å². The van der Waals surface area contributed by atoms with E-state index in [-0.39, 0.29) is 57.1 Å². The predicted octanol–water partition coefficient (Wildman–Crippen LogP) is 12.5. The maximum atomic E-state index is 11.5. The van der Waals surface area contributed by atoms with E-state index in [1.165, 1.54) is 0 Å². The molecule has 0 aliphatic carbocycles. The Morgan fingerprint density at radius 3 is 0.557 bits per heavy atom. The van der Waals surface area contributed by atoms with Crippen LogP contribution in [0.1, 0.15) is 66.8 Å². The largest absolute Gasteiger partial charge is 2.00 e. The van der Waals surface area contributed by atoms with Gasteiger partial charge in [0, 0.05) is 24.9 Å². The molecule has 8 aromatic carbocycles. The molecular formula is C60H56Cu2N4O4. The summed E-state index contributed by atoms with van der Waals surface area (Å²) in [6, 6.07) is 51.8. The van der Waals surface area contributed by atoms with Crippen molar-refractivity contribution < 1.29 is 54.6 Å². The van der Waals surface area contributed by atoms with Gasteiger partial charge in [0.1, 0.15) is 0 Å². The van der Waals surface area contributed by atoms with Crippen LogP contribution in [0.4, 0.5) is 22.7 Å². The van der Waals surface area contributed by atoms with Crippen molar-refractivity contribution in [2.45, 2.75) is 55.4 Å². The molecule has 0 spiro atoms. The van der Waals surface area contributed by atoms with E-state index in [9.17, 15) is 20.4 Å². The summed E-state index contributed by atoms with van der Waals surface area (Å²) >= 11 is 0. The zero-order valence-corrected chi connectivity index (χ0v) is 42.4. The van der Waals surface area contributed by atoms with Gasteiger partial charge in [-0.25, -0.2) is 0 Å². The standard InChI is InChI=1S/4C15H15NO.2Cu/c4*1-11-6-5-7-12(2)15(11)16-10-13-8-3-4-9-14(13)17;;/h4*3-10,17H,1-2H3;;/q;;;;2*+2/p-4. The Labute approximate surface area is 434 Å². The van der Waals surface area contributed by atoms with Gasteiger partial charge in [0.15, 0.2) is 0 Å². The van der Waals surface area contributed by atoms with E-state index in [1.807, 2.05) is 152 Å². The number of aliphatic imine (C=N–C) groups is 4. The number of aryl methyl sites for hydroxylation is 8. The first-order chi connectivity index (χ1) is 32.7. The Bertz CT molecular complexity index is 2580. The van der Waals surface area contributed by atoms with Crippen molar-refractivity contribution in [1.82, 2.24) is 0 Å². The number of rotatable bonds is 8. The Balaban J connectivity index is 0.000000245. The molecule has 362 valence electrons.